The number of ether oxygens (including phenoxy) is 3. The summed E-state index contributed by atoms with van der Waals surface area (Å²) in [6, 6.07) is 8.46. The summed E-state index contributed by atoms with van der Waals surface area (Å²) in [4.78, 5) is 0. The summed E-state index contributed by atoms with van der Waals surface area (Å²) >= 11 is 0. The quantitative estimate of drug-likeness (QED) is 0.764. The minimum Gasteiger partial charge on any atom is -0.383 e. The van der Waals surface area contributed by atoms with Gasteiger partial charge in [-0.15, -0.1) is 0 Å². The first-order valence-corrected chi connectivity index (χ1v) is 6.81. The lowest BCUT2D eigenvalue weighted by molar-refractivity contribution is -0.166. The fourth-order valence-electron chi connectivity index (χ4n) is 2.41. The first-order valence-electron chi connectivity index (χ1n) is 6.81. The Kier molecular flexibility index (Phi) is 5.79. The van der Waals surface area contributed by atoms with E-state index in [2.05, 4.69) is 29.6 Å². The first-order chi connectivity index (χ1) is 9.35. The van der Waals surface area contributed by atoms with E-state index in [0.717, 1.165) is 32.5 Å². The summed E-state index contributed by atoms with van der Waals surface area (Å²) in [5.41, 5.74) is 2.63. The van der Waals surface area contributed by atoms with Crippen molar-refractivity contribution in [3.8, 4) is 0 Å². The molecule has 2 rings (SSSR count). The highest BCUT2D eigenvalue weighted by Gasteiger charge is 2.26. The fourth-order valence-corrected chi connectivity index (χ4v) is 2.41. The molecule has 4 heteroatoms. The standard InChI is InChI=1S/C15H23NO3/c1-17-10-9-16-8-7-14-13-6-4-3-5-12(13)11-15(18-2)19-14/h3-6,14-16H,7-11H2,1-2H3. The first kappa shape index (κ1) is 14.5. The molecule has 1 aliphatic heterocycles. The minimum atomic E-state index is -0.126. The molecule has 0 bridgehead atoms. The lowest BCUT2D eigenvalue weighted by atomic mass is 9.95. The zero-order valence-corrected chi connectivity index (χ0v) is 11.7. The van der Waals surface area contributed by atoms with Gasteiger partial charge in [0.25, 0.3) is 0 Å². The smallest absolute Gasteiger partial charge is 0.162 e. The summed E-state index contributed by atoms with van der Waals surface area (Å²) in [6.07, 6.45) is 1.77. The Morgan fingerprint density at radius 2 is 2.11 bits per heavy atom. The molecule has 19 heavy (non-hydrogen) atoms. The van der Waals surface area contributed by atoms with Crippen LogP contribution in [0.5, 0.6) is 0 Å². The lowest BCUT2D eigenvalue weighted by Gasteiger charge is -2.31. The van der Waals surface area contributed by atoms with Gasteiger partial charge in [0, 0.05) is 27.2 Å². The Morgan fingerprint density at radius 1 is 1.26 bits per heavy atom. The van der Waals surface area contributed by atoms with Crippen LogP contribution in [0.1, 0.15) is 23.7 Å². The van der Waals surface area contributed by atoms with Crippen molar-refractivity contribution < 1.29 is 14.2 Å². The summed E-state index contributed by atoms with van der Waals surface area (Å²) < 4.78 is 16.3. The predicted octanol–water partition coefficient (Wildman–Crippen LogP) is 1.90. The highest BCUT2D eigenvalue weighted by atomic mass is 16.7. The maximum Gasteiger partial charge on any atom is 0.162 e. The van der Waals surface area contributed by atoms with Gasteiger partial charge in [-0.25, -0.2) is 0 Å². The van der Waals surface area contributed by atoms with Crippen LogP contribution in [0.4, 0.5) is 0 Å². The highest BCUT2D eigenvalue weighted by Crippen LogP contribution is 2.32. The van der Waals surface area contributed by atoms with Crippen molar-refractivity contribution in [3.63, 3.8) is 0 Å². The molecule has 1 aromatic carbocycles. The number of rotatable bonds is 7. The van der Waals surface area contributed by atoms with Crippen LogP contribution in [-0.4, -0.2) is 40.2 Å². The van der Waals surface area contributed by atoms with Crippen LogP contribution in [-0.2, 0) is 20.6 Å². The molecule has 0 radical (unpaired) electrons. The van der Waals surface area contributed by atoms with E-state index in [1.165, 1.54) is 11.1 Å². The number of nitrogens with one attached hydrogen (secondary N) is 1. The van der Waals surface area contributed by atoms with Crippen LogP contribution in [0.25, 0.3) is 0 Å². The molecule has 0 amide bonds. The molecular weight excluding hydrogens is 242 g/mol. The second kappa shape index (κ2) is 7.60. The van der Waals surface area contributed by atoms with Crippen molar-refractivity contribution in [2.24, 2.45) is 0 Å². The molecule has 1 aromatic rings. The maximum absolute atomic E-state index is 5.98. The van der Waals surface area contributed by atoms with Gasteiger partial charge in [0.1, 0.15) is 0 Å². The van der Waals surface area contributed by atoms with E-state index < -0.39 is 0 Å². The van der Waals surface area contributed by atoms with Gasteiger partial charge in [0.15, 0.2) is 6.29 Å². The van der Waals surface area contributed by atoms with E-state index in [1.807, 2.05) is 0 Å². The zero-order valence-electron chi connectivity index (χ0n) is 11.7. The molecule has 0 aliphatic carbocycles. The molecular formula is C15H23NO3. The second-order valence-electron chi connectivity index (χ2n) is 4.72. The van der Waals surface area contributed by atoms with Crippen molar-refractivity contribution in [2.75, 3.05) is 33.9 Å². The fraction of sp³-hybridized carbons (Fsp3) is 0.600. The maximum atomic E-state index is 5.98. The summed E-state index contributed by atoms with van der Waals surface area (Å²) in [6.45, 7) is 2.53. The van der Waals surface area contributed by atoms with Crippen molar-refractivity contribution in [3.05, 3.63) is 35.4 Å². The number of hydrogen-bond acceptors (Lipinski definition) is 4. The van der Waals surface area contributed by atoms with E-state index in [-0.39, 0.29) is 12.4 Å². The third-order valence-electron chi connectivity index (χ3n) is 3.43. The molecule has 1 heterocycles. The van der Waals surface area contributed by atoms with Crippen LogP contribution in [0, 0.1) is 0 Å². The number of benzene rings is 1. The molecule has 2 atom stereocenters. The van der Waals surface area contributed by atoms with Crippen LogP contribution in [0.3, 0.4) is 0 Å². The van der Waals surface area contributed by atoms with Crippen molar-refractivity contribution in [1.29, 1.82) is 0 Å². The normalized spacial score (nSPS) is 22.2. The summed E-state index contributed by atoms with van der Waals surface area (Å²) in [5, 5.41) is 3.35. The molecule has 0 saturated heterocycles. The van der Waals surface area contributed by atoms with Gasteiger partial charge in [-0.2, -0.15) is 0 Å². The van der Waals surface area contributed by atoms with Gasteiger partial charge in [0.05, 0.1) is 12.7 Å². The Morgan fingerprint density at radius 3 is 2.89 bits per heavy atom. The van der Waals surface area contributed by atoms with Crippen molar-refractivity contribution >= 4 is 0 Å². The van der Waals surface area contributed by atoms with E-state index >= 15 is 0 Å². The van der Waals surface area contributed by atoms with Gasteiger partial charge >= 0.3 is 0 Å². The number of hydrogen-bond donors (Lipinski definition) is 1. The zero-order chi connectivity index (χ0) is 13.5. The van der Waals surface area contributed by atoms with Gasteiger partial charge in [-0.1, -0.05) is 24.3 Å². The van der Waals surface area contributed by atoms with Gasteiger partial charge < -0.3 is 19.5 Å². The van der Waals surface area contributed by atoms with Crippen molar-refractivity contribution in [1.82, 2.24) is 5.32 Å². The Bertz CT molecular complexity index is 383. The minimum absolute atomic E-state index is 0.116. The summed E-state index contributed by atoms with van der Waals surface area (Å²) in [7, 11) is 3.41. The lowest BCUT2D eigenvalue weighted by Crippen LogP contribution is -2.30. The Balaban J connectivity index is 1.91. The monoisotopic (exact) mass is 265 g/mol. The Labute approximate surface area is 115 Å². The van der Waals surface area contributed by atoms with Gasteiger partial charge in [-0.05, 0) is 24.1 Å². The second-order valence-corrected chi connectivity index (χ2v) is 4.72. The average Bonchev–Trinajstić information content (AvgIpc) is 2.46. The number of fused-ring (bicyclic) bond motifs is 1. The van der Waals surface area contributed by atoms with E-state index in [0.29, 0.717) is 0 Å². The molecule has 0 aromatic heterocycles. The highest BCUT2D eigenvalue weighted by molar-refractivity contribution is 5.31. The molecule has 1 aliphatic rings. The molecule has 1 N–H and O–H groups in total. The molecule has 106 valence electrons. The van der Waals surface area contributed by atoms with Crippen LogP contribution in [0.15, 0.2) is 24.3 Å². The van der Waals surface area contributed by atoms with E-state index in [4.69, 9.17) is 14.2 Å². The largest absolute Gasteiger partial charge is 0.383 e. The summed E-state index contributed by atoms with van der Waals surface area (Å²) in [5.74, 6) is 0. The molecule has 0 saturated carbocycles. The van der Waals surface area contributed by atoms with Gasteiger partial charge in [-0.3, -0.25) is 0 Å². The number of methoxy groups -OCH3 is 2. The topological polar surface area (TPSA) is 39.7 Å². The van der Waals surface area contributed by atoms with E-state index in [1.54, 1.807) is 14.2 Å². The third kappa shape index (κ3) is 4.01. The average molecular weight is 265 g/mol. The molecule has 4 nitrogen and oxygen atoms in total. The van der Waals surface area contributed by atoms with Crippen molar-refractivity contribution in [2.45, 2.75) is 25.2 Å². The van der Waals surface area contributed by atoms with Crippen LogP contribution >= 0.6 is 0 Å². The van der Waals surface area contributed by atoms with Crippen LogP contribution in [0.2, 0.25) is 0 Å². The third-order valence-corrected chi connectivity index (χ3v) is 3.43. The predicted molar refractivity (Wildman–Crippen MR) is 74.1 cm³/mol. The Hall–Kier alpha value is -0.940. The molecule has 0 spiro atoms. The van der Waals surface area contributed by atoms with E-state index in [9.17, 15) is 0 Å². The molecule has 2 unspecified atom stereocenters. The molecule has 0 fully saturated rings. The van der Waals surface area contributed by atoms with Crippen LogP contribution < -0.4 is 5.32 Å². The SMILES string of the molecule is COCCNCCC1OC(OC)Cc2ccccc21. The van der Waals surface area contributed by atoms with Gasteiger partial charge in [0.2, 0.25) is 0 Å².